The van der Waals surface area contributed by atoms with Crippen molar-refractivity contribution in [2.24, 2.45) is 11.7 Å². The van der Waals surface area contributed by atoms with Crippen LogP contribution in [0, 0.1) is 5.92 Å². The molecular weight excluding hydrogens is 464 g/mol. The van der Waals surface area contributed by atoms with Crippen LogP contribution in [0.25, 0.3) is 0 Å². The number of carbonyl (C=O) groups is 4. The number of nitrogens with one attached hydrogen (secondary N) is 3. The molecule has 0 bridgehead atoms. The number of alkyl carbamates (subject to hydrolysis) is 1. The van der Waals surface area contributed by atoms with E-state index in [1.165, 1.54) is 0 Å². The number of hydrogen-bond acceptors (Lipinski definition) is 6. The van der Waals surface area contributed by atoms with Crippen molar-refractivity contribution >= 4 is 23.9 Å². The third-order valence-electron chi connectivity index (χ3n) is 5.19. The Morgan fingerprint density at radius 3 is 2.03 bits per heavy atom. The van der Waals surface area contributed by atoms with E-state index < -0.39 is 47.6 Å². The first-order chi connectivity index (χ1) is 16.8. The average molecular weight is 507 g/mol. The van der Waals surface area contributed by atoms with Gasteiger partial charge in [-0.25, -0.2) is 9.59 Å². The van der Waals surface area contributed by atoms with Crippen molar-refractivity contribution in [3.63, 3.8) is 0 Å². The Morgan fingerprint density at radius 2 is 1.50 bits per heavy atom. The molecule has 0 aromatic heterocycles. The molecule has 0 heterocycles. The van der Waals surface area contributed by atoms with Gasteiger partial charge in [-0.3, -0.25) is 9.59 Å². The molecular formula is C26H42N4O6. The first-order valence-electron chi connectivity index (χ1n) is 12.4. The highest BCUT2D eigenvalue weighted by Crippen LogP contribution is 2.11. The van der Waals surface area contributed by atoms with Gasteiger partial charge < -0.3 is 31.5 Å². The van der Waals surface area contributed by atoms with Gasteiger partial charge in [0.1, 0.15) is 23.7 Å². The fourth-order valence-corrected chi connectivity index (χ4v) is 3.51. The predicted octanol–water partition coefficient (Wildman–Crippen LogP) is 2.35. The number of carboxylic acids is 1. The van der Waals surface area contributed by atoms with Crippen LogP contribution in [0.15, 0.2) is 30.3 Å². The summed E-state index contributed by atoms with van der Waals surface area (Å²) >= 11 is 0. The largest absolute Gasteiger partial charge is 0.480 e. The SMILES string of the molecule is CC(C)C[C@H](NC(=O)[C@H](Cc1ccccc1)NC(=O)OC(C)(C)C)C(=O)N[C@@H](CCCCN)C(=O)O. The molecule has 36 heavy (non-hydrogen) atoms. The van der Waals surface area contributed by atoms with Crippen molar-refractivity contribution in [1.29, 1.82) is 0 Å². The van der Waals surface area contributed by atoms with Crippen LogP contribution in [0.5, 0.6) is 0 Å². The van der Waals surface area contributed by atoms with E-state index in [0.717, 1.165) is 5.56 Å². The van der Waals surface area contributed by atoms with Crippen molar-refractivity contribution < 1.29 is 29.0 Å². The molecule has 3 amide bonds. The minimum Gasteiger partial charge on any atom is -0.480 e. The van der Waals surface area contributed by atoms with E-state index in [0.29, 0.717) is 19.4 Å². The summed E-state index contributed by atoms with van der Waals surface area (Å²) in [5.74, 6) is -2.27. The highest BCUT2D eigenvalue weighted by molar-refractivity contribution is 5.93. The monoisotopic (exact) mass is 506 g/mol. The van der Waals surface area contributed by atoms with Crippen molar-refractivity contribution in [3.05, 3.63) is 35.9 Å². The van der Waals surface area contributed by atoms with E-state index in [1.807, 2.05) is 44.2 Å². The second kappa shape index (κ2) is 15.1. The number of benzene rings is 1. The molecule has 0 aliphatic rings. The van der Waals surface area contributed by atoms with Crippen molar-refractivity contribution in [2.75, 3.05) is 6.54 Å². The highest BCUT2D eigenvalue weighted by atomic mass is 16.6. The number of rotatable bonds is 14. The average Bonchev–Trinajstić information content (AvgIpc) is 2.76. The first-order valence-corrected chi connectivity index (χ1v) is 12.4. The second-order valence-corrected chi connectivity index (χ2v) is 10.3. The normalized spacial score (nSPS) is 13.9. The highest BCUT2D eigenvalue weighted by Gasteiger charge is 2.31. The third kappa shape index (κ3) is 12.5. The number of aliphatic carboxylic acids is 1. The number of hydrogen-bond donors (Lipinski definition) is 5. The van der Waals surface area contributed by atoms with Crippen LogP contribution >= 0.6 is 0 Å². The molecule has 0 fully saturated rings. The zero-order valence-electron chi connectivity index (χ0n) is 22.0. The fraction of sp³-hybridized carbons (Fsp3) is 0.615. The molecule has 1 aromatic rings. The maximum atomic E-state index is 13.3. The minimum absolute atomic E-state index is 0.0351. The van der Waals surface area contributed by atoms with Gasteiger partial charge in [-0.05, 0) is 64.5 Å². The summed E-state index contributed by atoms with van der Waals surface area (Å²) in [5.41, 5.74) is 5.53. The van der Waals surface area contributed by atoms with Crippen molar-refractivity contribution in [2.45, 2.75) is 90.4 Å². The molecule has 0 unspecified atom stereocenters. The predicted molar refractivity (Wildman–Crippen MR) is 137 cm³/mol. The molecule has 1 aromatic carbocycles. The Bertz CT molecular complexity index is 854. The Balaban J connectivity index is 3.04. The van der Waals surface area contributed by atoms with Crippen LogP contribution in [0.1, 0.15) is 65.9 Å². The van der Waals surface area contributed by atoms with Gasteiger partial charge >= 0.3 is 12.1 Å². The summed E-state index contributed by atoms with van der Waals surface area (Å²) in [4.78, 5) is 50.4. The lowest BCUT2D eigenvalue weighted by Gasteiger charge is -2.26. The van der Waals surface area contributed by atoms with E-state index in [4.69, 9.17) is 10.5 Å². The van der Waals surface area contributed by atoms with Gasteiger partial charge in [0.2, 0.25) is 11.8 Å². The Hall–Kier alpha value is -3.14. The number of unbranched alkanes of at least 4 members (excludes halogenated alkanes) is 1. The van der Waals surface area contributed by atoms with Gasteiger partial charge in [0.05, 0.1) is 0 Å². The molecule has 202 valence electrons. The van der Waals surface area contributed by atoms with E-state index in [9.17, 15) is 24.3 Å². The standard InChI is InChI=1S/C26H42N4O6/c1-17(2)15-20(22(31)28-19(24(33)34)13-9-10-14-27)29-23(32)21(16-18-11-7-6-8-12-18)30-25(35)36-26(3,4)5/h6-8,11-12,17,19-21H,9-10,13-16,27H2,1-5H3,(H,28,31)(H,29,32)(H,30,35)(H,33,34)/t19-,20-,21-/m0/s1. The van der Waals surface area contributed by atoms with E-state index >= 15 is 0 Å². The van der Waals surface area contributed by atoms with Crippen LogP contribution in [-0.2, 0) is 25.5 Å². The third-order valence-corrected chi connectivity index (χ3v) is 5.19. The summed E-state index contributed by atoms with van der Waals surface area (Å²) in [5, 5.41) is 17.4. The number of nitrogens with two attached hydrogens (primary N) is 1. The van der Waals surface area contributed by atoms with Gasteiger partial charge in [-0.15, -0.1) is 0 Å². The molecule has 0 aliphatic heterocycles. The molecule has 10 heteroatoms. The van der Waals surface area contributed by atoms with Gasteiger partial charge in [0, 0.05) is 6.42 Å². The zero-order valence-corrected chi connectivity index (χ0v) is 22.0. The lowest BCUT2D eigenvalue weighted by molar-refractivity contribution is -0.142. The lowest BCUT2D eigenvalue weighted by atomic mass is 10.0. The summed E-state index contributed by atoms with van der Waals surface area (Å²) in [6.45, 7) is 9.36. The van der Waals surface area contributed by atoms with E-state index in [2.05, 4.69) is 16.0 Å². The Kier molecular flexibility index (Phi) is 12.9. The van der Waals surface area contributed by atoms with Crippen LogP contribution in [0.2, 0.25) is 0 Å². The van der Waals surface area contributed by atoms with Crippen LogP contribution < -0.4 is 21.7 Å². The topological polar surface area (TPSA) is 160 Å². The smallest absolute Gasteiger partial charge is 0.408 e. The van der Waals surface area contributed by atoms with Gasteiger partial charge in [0.25, 0.3) is 0 Å². The maximum Gasteiger partial charge on any atom is 0.408 e. The number of ether oxygens (including phenoxy) is 1. The fourth-order valence-electron chi connectivity index (χ4n) is 3.51. The van der Waals surface area contributed by atoms with Crippen LogP contribution in [-0.4, -0.2) is 59.3 Å². The van der Waals surface area contributed by atoms with Crippen molar-refractivity contribution in [3.8, 4) is 0 Å². The molecule has 1 rings (SSSR count). The van der Waals surface area contributed by atoms with Crippen LogP contribution in [0.3, 0.4) is 0 Å². The minimum atomic E-state index is -1.15. The van der Waals surface area contributed by atoms with Gasteiger partial charge in [-0.2, -0.15) is 0 Å². The van der Waals surface area contributed by atoms with Gasteiger partial charge in [-0.1, -0.05) is 44.2 Å². The van der Waals surface area contributed by atoms with Crippen LogP contribution in [0.4, 0.5) is 4.79 Å². The quantitative estimate of drug-likeness (QED) is 0.242. The summed E-state index contributed by atoms with van der Waals surface area (Å²) < 4.78 is 5.32. The molecule has 0 radical (unpaired) electrons. The van der Waals surface area contributed by atoms with E-state index in [-0.39, 0.29) is 25.2 Å². The first kappa shape index (κ1) is 30.9. The number of carbonyl (C=O) groups excluding carboxylic acids is 3. The van der Waals surface area contributed by atoms with E-state index in [1.54, 1.807) is 20.8 Å². The summed E-state index contributed by atoms with van der Waals surface area (Å²) in [7, 11) is 0. The summed E-state index contributed by atoms with van der Waals surface area (Å²) in [6, 6.07) is 6.07. The van der Waals surface area contributed by atoms with Crippen molar-refractivity contribution in [1.82, 2.24) is 16.0 Å². The lowest BCUT2D eigenvalue weighted by Crippen LogP contribution is -2.56. The molecule has 6 N–H and O–H groups in total. The number of carboxylic acid groups (broad SMARTS) is 1. The zero-order chi connectivity index (χ0) is 27.3. The maximum absolute atomic E-state index is 13.3. The van der Waals surface area contributed by atoms with Gasteiger partial charge in [0.15, 0.2) is 0 Å². The summed E-state index contributed by atoms with van der Waals surface area (Å²) in [6.07, 6.45) is 1.14. The molecule has 0 aliphatic carbocycles. The molecule has 0 saturated heterocycles. The Morgan fingerprint density at radius 1 is 0.917 bits per heavy atom. The second-order valence-electron chi connectivity index (χ2n) is 10.3. The number of amides is 3. The molecule has 3 atom stereocenters. The molecule has 0 spiro atoms. The Labute approximate surface area is 213 Å². The molecule has 10 nitrogen and oxygen atoms in total. The molecule has 0 saturated carbocycles.